The molecule has 2 aromatic rings. The van der Waals surface area contributed by atoms with Crippen molar-refractivity contribution in [2.24, 2.45) is 5.92 Å². The fraction of sp³-hybridized carbons (Fsp3) is 0.571. The van der Waals surface area contributed by atoms with E-state index < -0.39 is 6.10 Å². The first kappa shape index (κ1) is 20.4. The Morgan fingerprint density at radius 3 is 2.74 bits per heavy atom. The van der Waals surface area contributed by atoms with Crippen LogP contribution in [-0.4, -0.2) is 35.3 Å². The Labute approximate surface area is 169 Å². The monoisotopic (exact) mass is 435 g/mol. The molecule has 1 aliphatic carbocycles. The second-order valence-corrected chi connectivity index (χ2v) is 8.50. The van der Waals surface area contributed by atoms with Crippen molar-refractivity contribution in [2.45, 2.75) is 57.6 Å². The summed E-state index contributed by atoms with van der Waals surface area (Å²) in [6, 6.07) is 5.98. The summed E-state index contributed by atoms with van der Waals surface area (Å²) in [6.07, 6.45) is 9.46. The number of fused-ring (bicyclic) bond motifs is 1. The molecule has 0 aliphatic heterocycles. The highest BCUT2D eigenvalue weighted by Crippen LogP contribution is 2.33. The predicted molar refractivity (Wildman–Crippen MR) is 114 cm³/mol. The number of rotatable bonds is 7. The molecule has 1 saturated carbocycles. The zero-order valence-electron chi connectivity index (χ0n) is 16.0. The van der Waals surface area contributed by atoms with Gasteiger partial charge in [0.05, 0.1) is 17.3 Å². The van der Waals surface area contributed by atoms with Crippen LogP contribution in [0.5, 0.6) is 0 Å². The summed E-state index contributed by atoms with van der Waals surface area (Å²) in [5.74, 6) is 0.592. The lowest BCUT2D eigenvalue weighted by Crippen LogP contribution is -2.27. The van der Waals surface area contributed by atoms with E-state index in [1.165, 1.54) is 25.7 Å². The fourth-order valence-corrected chi connectivity index (χ4v) is 4.68. The van der Waals surface area contributed by atoms with Crippen LogP contribution in [0.15, 0.2) is 28.9 Å². The fourth-order valence-electron chi connectivity index (χ4n) is 4.11. The molecule has 0 spiro atoms. The van der Waals surface area contributed by atoms with E-state index in [0.29, 0.717) is 25.4 Å². The molecule has 0 bridgehead atoms. The summed E-state index contributed by atoms with van der Waals surface area (Å²) in [7, 11) is 1.83. The van der Waals surface area contributed by atoms with Crippen molar-refractivity contribution in [1.29, 1.82) is 0 Å². The number of benzene rings is 1. The normalized spacial score (nSPS) is 17.0. The number of amides is 1. The number of nitrogens with one attached hydrogen (secondary N) is 2. The van der Waals surface area contributed by atoms with Gasteiger partial charge in [-0.1, -0.05) is 47.7 Å². The number of anilines is 1. The van der Waals surface area contributed by atoms with Gasteiger partial charge in [-0.15, -0.1) is 0 Å². The Morgan fingerprint density at radius 2 is 2.04 bits per heavy atom. The summed E-state index contributed by atoms with van der Waals surface area (Å²) < 4.78 is 2.97. The van der Waals surface area contributed by atoms with Gasteiger partial charge in [0.1, 0.15) is 0 Å². The van der Waals surface area contributed by atoms with Crippen LogP contribution >= 0.6 is 15.9 Å². The highest BCUT2D eigenvalue weighted by Gasteiger charge is 2.19. The second-order valence-electron chi connectivity index (χ2n) is 7.65. The first-order valence-corrected chi connectivity index (χ1v) is 10.8. The Morgan fingerprint density at radius 1 is 1.30 bits per heavy atom. The van der Waals surface area contributed by atoms with Crippen molar-refractivity contribution in [3.8, 4) is 0 Å². The first-order valence-electron chi connectivity index (χ1n) is 9.98. The lowest BCUT2D eigenvalue weighted by Gasteiger charge is -2.13. The molecule has 1 aliphatic rings. The molecule has 1 aromatic carbocycles. The standard InChI is InChI=1S/C21H30BrN3O2/c1-23-12-16(26)13-25-14-18(21-17(22)9-6-10-19(21)25)24-20(27)11-15-7-4-2-3-5-8-15/h6,9-10,14-16,23,26H,2-5,7-8,11-13H2,1H3,(H,24,27). The van der Waals surface area contributed by atoms with E-state index in [0.717, 1.165) is 33.9 Å². The zero-order valence-corrected chi connectivity index (χ0v) is 17.6. The Hall–Kier alpha value is -1.37. The number of halogens is 1. The molecule has 5 nitrogen and oxygen atoms in total. The minimum atomic E-state index is -0.487. The largest absolute Gasteiger partial charge is 0.390 e. The maximum atomic E-state index is 12.7. The van der Waals surface area contributed by atoms with Gasteiger partial charge in [0.25, 0.3) is 0 Å². The quantitative estimate of drug-likeness (QED) is 0.568. The zero-order chi connectivity index (χ0) is 19.2. The van der Waals surface area contributed by atoms with Crippen molar-refractivity contribution in [3.05, 3.63) is 28.9 Å². The van der Waals surface area contributed by atoms with Gasteiger partial charge in [0, 0.05) is 35.6 Å². The third-order valence-corrected chi connectivity index (χ3v) is 6.09. The Bertz CT molecular complexity index is 766. The van der Waals surface area contributed by atoms with Gasteiger partial charge in [-0.05, 0) is 37.9 Å². The molecule has 1 amide bonds. The van der Waals surface area contributed by atoms with Crippen LogP contribution in [-0.2, 0) is 11.3 Å². The minimum absolute atomic E-state index is 0.0903. The van der Waals surface area contributed by atoms with Crippen LogP contribution in [0.1, 0.15) is 44.9 Å². The van der Waals surface area contributed by atoms with E-state index in [1.807, 2.05) is 36.0 Å². The van der Waals surface area contributed by atoms with Gasteiger partial charge in [-0.25, -0.2) is 0 Å². The summed E-state index contributed by atoms with van der Waals surface area (Å²) >= 11 is 3.62. The highest BCUT2D eigenvalue weighted by atomic mass is 79.9. The van der Waals surface area contributed by atoms with Crippen molar-refractivity contribution in [2.75, 3.05) is 18.9 Å². The van der Waals surface area contributed by atoms with Crippen molar-refractivity contribution in [3.63, 3.8) is 0 Å². The molecule has 0 radical (unpaired) electrons. The maximum Gasteiger partial charge on any atom is 0.224 e. The van der Waals surface area contributed by atoms with Crippen LogP contribution in [0.25, 0.3) is 10.9 Å². The maximum absolute atomic E-state index is 12.7. The molecule has 0 saturated heterocycles. The molecule has 148 valence electrons. The van der Waals surface area contributed by atoms with E-state index in [2.05, 4.69) is 26.6 Å². The van der Waals surface area contributed by atoms with Crippen LogP contribution in [0.4, 0.5) is 5.69 Å². The SMILES string of the molecule is CNCC(O)Cn1cc(NC(=O)CC2CCCCCC2)c2c(Br)cccc21. The highest BCUT2D eigenvalue weighted by molar-refractivity contribution is 9.10. The molecular weight excluding hydrogens is 406 g/mol. The molecule has 3 N–H and O–H groups in total. The molecule has 3 rings (SSSR count). The number of hydrogen-bond acceptors (Lipinski definition) is 3. The molecule has 1 aromatic heterocycles. The Balaban J connectivity index is 1.77. The van der Waals surface area contributed by atoms with Crippen LogP contribution in [0.3, 0.4) is 0 Å². The summed E-state index contributed by atoms with van der Waals surface area (Å²) in [5.41, 5.74) is 1.82. The van der Waals surface area contributed by atoms with E-state index >= 15 is 0 Å². The minimum Gasteiger partial charge on any atom is -0.390 e. The van der Waals surface area contributed by atoms with Crippen molar-refractivity contribution in [1.82, 2.24) is 9.88 Å². The molecule has 1 heterocycles. The summed E-state index contributed by atoms with van der Waals surface area (Å²) in [5, 5.41) is 17.3. The van der Waals surface area contributed by atoms with Crippen LogP contribution < -0.4 is 10.6 Å². The van der Waals surface area contributed by atoms with Gasteiger partial charge in [0.15, 0.2) is 0 Å². The number of likely N-dealkylation sites (N-methyl/N-ethyl adjacent to an activating group) is 1. The van der Waals surface area contributed by atoms with E-state index in [4.69, 9.17) is 0 Å². The van der Waals surface area contributed by atoms with E-state index in [9.17, 15) is 9.90 Å². The summed E-state index contributed by atoms with van der Waals surface area (Å²) in [6.45, 7) is 1.00. The molecule has 27 heavy (non-hydrogen) atoms. The number of hydrogen-bond donors (Lipinski definition) is 3. The molecule has 6 heteroatoms. The Kier molecular flexibility index (Phi) is 7.33. The van der Waals surface area contributed by atoms with Gasteiger partial charge in [0.2, 0.25) is 5.91 Å². The molecule has 1 fully saturated rings. The van der Waals surface area contributed by atoms with Gasteiger partial charge in [-0.2, -0.15) is 0 Å². The predicted octanol–water partition coefficient (Wildman–Crippen LogP) is 4.28. The van der Waals surface area contributed by atoms with Crippen LogP contribution in [0.2, 0.25) is 0 Å². The molecule has 1 unspecified atom stereocenters. The molecular formula is C21H30BrN3O2. The van der Waals surface area contributed by atoms with Gasteiger partial charge < -0.3 is 20.3 Å². The number of nitrogens with zero attached hydrogens (tertiary/aromatic N) is 1. The van der Waals surface area contributed by atoms with Crippen molar-refractivity contribution < 1.29 is 9.90 Å². The lowest BCUT2D eigenvalue weighted by molar-refractivity contribution is -0.117. The number of aromatic nitrogens is 1. The number of aliphatic hydroxyl groups is 1. The number of aliphatic hydroxyl groups excluding tert-OH is 1. The smallest absolute Gasteiger partial charge is 0.224 e. The second kappa shape index (κ2) is 9.71. The third-order valence-electron chi connectivity index (χ3n) is 5.43. The lowest BCUT2D eigenvalue weighted by atomic mass is 9.96. The third kappa shape index (κ3) is 5.33. The average molecular weight is 436 g/mol. The topological polar surface area (TPSA) is 66.3 Å². The number of carbonyl (C=O) groups is 1. The molecule has 1 atom stereocenters. The number of carbonyl (C=O) groups excluding carboxylic acids is 1. The van der Waals surface area contributed by atoms with Gasteiger partial charge in [-0.3, -0.25) is 4.79 Å². The van der Waals surface area contributed by atoms with E-state index in [1.54, 1.807) is 0 Å². The van der Waals surface area contributed by atoms with Gasteiger partial charge >= 0.3 is 0 Å². The van der Waals surface area contributed by atoms with Crippen LogP contribution in [0, 0.1) is 5.92 Å². The van der Waals surface area contributed by atoms with E-state index in [-0.39, 0.29) is 5.91 Å². The van der Waals surface area contributed by atoms with Crippen molar-refractivity contribution >= 4 is 38.4 Å². The average Bonchev–Trinajstić information content (AvgIpc) is 2.80. The first-order chi connectivity index (χ1) is 13.1. The summed E-state index contributed by atoms with van der Waals surface area (Å²) in [4.78, 5) is 12.7.